The number of hydrogen-bond donors (Lipinski definition) is 2. The molecule has 0 aliphatic carbocycles. The number of nitrogen functional groups attached to an aromatic ring is 1. The van der Waals surface area contributed by atoms with Crippen LogP contribution in [0.15, 0.2) is 30.5 Å². The molecule has 0 spiro atoms. The summed E-state index contributed by atoms with van der Waals surface area (Å²) in [5.41, 5.74) is 8.53. The van der Waals surface area contributed by atoms with Gasteiger partial charge in [0.15, 0.2) is 0 Å². The van der Waals surface area contributed by atoms with E-state index in [9.17, 15) is 0 Å². The van der Waals surface area contributed by atoms with Gasteiger partial charge in [0.2, 0.25) is 0 Å². The van der Waals surface area contributed by atoms with Crippen LogP contribution in [0.25, 0.3) is 10.9 Å². The molecule has 0 aliphatic rings. The molecule has 0 fully saturated rings. The zero-order valence-electron chi connectivity index (χ0n) is 11.7. The molecule has 2 aromatic rings. The number of nitrogens with zero attached hydrogens (tertiary/aromatic N) is 1. The number of hydrogen-bond acceptors (Lipinski definition) is 4. The van der Waals surface area contributed by atoms with Crippen LogP contribution in [-0.4, -0.2) is 23.7 Å². The van der Waals surface area contributed by atoms with Crippen LogP contribution in [0.5, 0.6) is 0 Å². The van der Waals surface area contributed by atoms with Crippen molar-refractivity contribution in [3.63, 3.8) is 0 Å². The van der Waals surface area contributed by atoms with Crippen molar-refractivity contribution in [2.45, 2.75) is 26.4 Å². The molecule has 3 N–H and O–H groups in total. The lowest BCUT2D eigenvalue weighted by Gasteiger charge is -2.26. The van der Waals surface area contributed by atoms with Crippen LogP contribution in [0.3, 0.4) is 0 Å². The first-order valence-electron chi connectivity index (χ1n) is 6.54. The number of nitrogens with two attached hydrogens (primary N) is 1. The van der Waals surface area contributed by atoms with Gasteiger partial charge in [0.05, 0.1) is 22.5 Å². The number of rotatable bonds is 5. The topological polar surface area (TPSA) is 60.2 Å². The first-order chi connectivity index (χ1) is 9.03. The van der Waals surface area contributed by atoms with E-state index in [4.69, 9.17) is 10.5 Å². The summed E-state index contributed by atoms with van der Waals surface area (Å²) in [5, 5.41) is 4.33. The number of fused-ring (bicyclic) bond motifs is 1. The molecule has 1 aromatic carbocycles. The Bertz CT molecular complexity index is 566. The lowest BCUT2D eigenvalue weighted by atomic mass is 10.1. The van der Waals surface area contributed by atoms with Crippen LogP contribution < -0.4 is 11.1 Å². The SMILES string of the molecule is CCOC(C)(C)CNc1ccc2ncccc2c1N. The summed E-state index contributed by atoms with van der Waals surface area (Å²) in [6, 6.07) is 7.82. The van der Waals surface area contributed by atoms with Crippen LogP contribution >= 0.6 is 0 Å². The van der Waals surface area contributed by atoms with Crippen LogP contribution in [0.2, 0.25) is 0 Å². The molecule has 0 unspecified atom stereocenters. The molecule has 0 bridgehead atoms. The van der Waals surface area contributed by atoms with Crippen molar-refractivity contribution < 1.29 is 4.74 Å². The molecule has 0 atom stereocenters. The number of pyridine rings is 1. The van der Waals surface area contributed by atoms with Crippen LogP contribution in [0.4, 0.5) is 11.4 Å². The second kappa shape index (κ2) is 5.45. The fourth-order valence-corrected chi connectivity index (χ4v) is 2.08. The Morgan fingerprint density at radius 1 is 1.32 bits per heavy atom. The Hall–Kier alpha value is -1.81. The maximum atomic E-state index is 6.18. The second-order valence-corrected chi connectivity index (χ2v) is 5.14. The van der Waals surface area contributed by atoms with Gasteiger partial charge in [0, 0.05) is 24.7 Å². The fourth-order valence-electron chi connectivity index (χ4n) is 2.08. The first kappa shape index (κ1) is 13.6. The van der Waals surface area contributed by atoms with E-state index in [1.165, 1.54) is 0 Å². The summed E-state index contributed by atoms with van der Waals surface area (Å²) >= 11 is 0. The molecule has 19 heavy (non-hydrogen) atoms. The molecule has 0 saturated heterocycles. The van der Waals surface area contributed by atoms with Crippen molar-refractivity contribution >= 4 is 22.3 Å². The van der Waals surface area contributed by atoms with E-state index < -0.39 is 0 Å². The summed E-state index contributed by atoms with van der Waals surface area (Å²) in [4.78, 5) is 4.29. The fraction of sp³-hybridized carbons (Fsp3) is 0.400. The summed E-state index contributed by atoms with van der Waals surface area (Å²) in [5.74, 6) is 0. The van der Waals surface area contributed by atoms with Crippen LogP contribution in [0, 0.1) is 0 Å². The predicted octanol–water partition coefficient (Wildman–Crippen LogP) is 3.04. The van der Waals surface area contributed by atoms with Crippen molar-refractivity contribution in [3.8, 4) is 0 Å². The van der Waals surface area contributed by atoms with Gasteiger partial charge in [-0.25, -0.2) is 0 Å². The van der Waals surface area contributed by atoms with Crippen molar-refractivity contribution in [2.75, 3.05) is 24.2 Å². The van der Waals surface area contributed by atoms with E-state index in [0.29, 0.717) is 13.2 Å². The number of aromatic nitrogens is 1. The van der Waals surface area contributed by atoms with Crippen molar-refractivity contribution in [2.24, 2.45) is 0 Å². The van der Waals surface area contributed by atoms with Gasteiger partial charge in [-0.05, 0) is 45.0 Å². The number of ether oxygens (including phenoxy) is 1. The third-order valence-electron chi connectivity index (χ3n) is 3.07. The Labute approximate surface area is 114 Å². The molecule has 2 rings (SSSR count). The van der Waals surface area contributed by atoms with E-state index in [0.717, 1.165) is 22.3 Å². The second-order valence-electron chi connectivity index (χ2n) is 5.14. The highest BCUT2D eigenvalue weighted by atomic mass is 16.5. The van der Waals surface area contributed by atoms with Gasteiger partial charge in [-0.15, -0.1) is 0 Å². The van der Waals surface area contributed by atoms with Gasteiger partial charge < -0.3 is 15.8 Å². The van der Waals surface area contributed by atoms with E-state index >= 15 is 0 Å². The molecule has 0 amide bonds. The monoisotopic (exact) mass is 259 g/mol. The number of benzene rings is 1. The molecule has 0 aliphatic heterocycles. The lowest BCUT2D eigenvalue weighted by molar-refractivity contribution is 0.000711. The minimum atomic E-state index is -0.217. The normalized spacial score (nSPS) is 11.7. The molecular formula is C15H21N3O. The molecule has 1 heterocycles. The molecule has 0 saturated carbocycles. The van der Waals surface area contributed by atoms with Gasteiger partial charge in [-0.3, -0.25) is 4.98 Å². The van der Waals surface area contributed by atoms with E-state index in [-0.39, 0.29) is 5.60 Å². The molecule has 4 nitrogen and oxygen atoms in total. The number of nitrogens with one attached hydrogen (secondary N) is 1. The van der Waals surface area contributed by atoms with Crippen molar-refractivity contribution in [1.29, 1.82) is 0 Å². The smallest absolute Gasteiger partial charge is 0.0797 e. The Kier molecular flexibility index (Phi) is 3.90. The van der Waals surface area contributed by atoms with E-state index in [2.05, 4.69) is 24.1 Å². The maximum absolute atomic E-state index is 6.18. The van der Waals surface area contributed by atoms with Gasteiger partial charge in [0.1, 0.15) is 0 Å². The van der Waals surface area contributed by atoms with Gasteiger partial charge in [-0.2, -0.15) is 0 Å². The predicted molar refractivity (Wildman–Crippen MR) is 80.4 cm³/mol. The average Bonchev–Trinajstić information content (AvgIpc) is 2.38. The summed E-state index contributed by atoms with van der Waals surface area (Å²) in [7, 11) is 0. The Morgan fingerprint density at radius 3 is 2.84 bits per heavy atom. The first-order valence-corrected chi connectivity index (χ1v) is 6.54. The van der Waals surface area contributed by atoms with Crippen LogP contribution in [0.1, 0.15) is 20.8 Å². The quantitative estimate of drug-likeness (QED) is 0.810. The molecule has 0 radical (unpaired) electrons. The van der Waals surface area contributed by atoms with Gasteiger partial charge in [0.25, 0.3) is 0 Å². The summed E-state index contributed by atoms with van der Waals surface area (Å²) < 4.78 is 5.66. The Morgan fingerprint density at radius 2 is 2.11 bits per heavy atom. The lowest BCUT2D eigenvalue weighted by Crippen LogP contribution is -2.33. The summed E-state index contributed by atoms with van der Waals surface area (Å²) in [6.07, 6.45) is 1.77. The van der Waals surface area contributed by atoms with Gasteiger partial charge >= 0.3 is 0 Å². The molecule has 4 heteroatoms. The molecule has 1 aromatic heterocycles. The summed E-state index contributed by atoms with van der Waals surface area (Å²) in [6.45, 7) is 7.52. The standard InChI is InChI=1S/C15H21N3O/c1-4-19-15(2,3)10-18-13-8-7-12-11(14(13)16)6-5-9-17-12/h5-9,18H,4,10,16H2,1-3H3. The zero-order valence-corrected chi connectivity index (χ0v) is 11.7. The molecule has 102 valence electrons. The van der Waals surface area contributed by atoms with Gasteiger partial charge in [-0.1, -0.05) is 0 Å². The minimum Gasteiger partial charge on any atom is -0.397 e. The van der Waals surface area contributed by atoms with E-state index in [1.54, 1.807) is 6.20 Å². The number of anilines is 2. The average molecular weight is 259 g/mol. The van der Waals surface area contributed by atoms with Crippen LogP contribution in [-0.2, 0) is 4.74 Å². The highest BCUT2D eigenvalue weighted by Crippen LogP contribution is 2.27. The minimum absolute atomic E-state index is 0.217. The molecular weight excluding hydrogens is 238 g/mol. The third kappa shape index (κ3) is 3.15. The highest BCUT2D eigenvalue weighted by Gasteiger charge is 2.17. The largest absolute Gasteiger partial charge is 0.397 e. The van der Waals surface area contributed by atoms with Crippen molar-refractivity contribution in [1.82, 2.24) is 4.98 Å². The highest BCUT2D eigenvalue weighted by molar-refractivity contribution is 5.96. The third-order valence-corrected chi connectivity index (χ3v) is 3.07. The zero-order chi connectivity index (χ0) is 13.9. The maximum Gasteiger partial charge on any atom is 0.0797 e. The Balaban J connectivity index is 2.20. The van der Waals surface area contributed by atoms with Crippen molar-refractivity contribution in [3.05, 3.63) is 30.5 Å². The van der Waals surface area contributed by atoms with E-state index in [1.807, 2.05) is 31.2 Å².